The van der Waals surface area contributed by atoms with Crippen LogP contribution < -0.4 is 10.6 Å². The summed E-state index contributed by atoms with van der Waals surface area (Å²) in [6, 6.07) is 2.01. The molecule has 2 N–H and O–H groups in total. The standard InChI is InChI=1S/C16H27N5O.2ClH/c22-16(15-5-1-6-17-15)18-12-14-4-2-8-20(13-14)10-11-21-9-3-7-19-21;;/h3,7,9,14-15,17H,1-2,4-6,8,10-13H2,(H,18,22);2*1H. The van der Waals surface area contributed by atoms with Crippen LogP contribution in [-0.2, 0) is 11.3 Å². The highest BCUT2D eigenvalue weighted by Crippen LogP contribution is 2.16. The number of nitrogens with zero attached hydrogens (tertiary/aromatic N) is 3. The van der Waals surface area contributed by atoms with Crippen molar-refractivity contribution < 1.29 is 4.79 Å². The fraction of sp³-hybridized carbons (Fsp3) is 0.750. The summed E-state index contributed by atoms with van der Waals surface area (Å²) in [6.07, 6.45) is 8.37. The predicted octanol–water partition coefficient (Wildman–Crippen LogP) is 1.31. The maximum atomic E-state index is 12.1. The minimum atomic E-state index is 0. The van der Waals surface area contributed by atoms with E-state index in [0.717, 1.165) is 52.1 Å². The summed E-state index contributed by atoms with van der Waals surface area (Å²) in [5.41, 5.74) is 0. The number of hydrogen-bond donors (Lipinski definition) is 2. The molecular formula is C16H29Cl2N5O. The van der Waals surface area contributed by atoms with Crippen LogP contribution in [0.3, 0.4) is 0 Å². The van der Waals surface area contributed by atoms with Gasteiger partial charge < -0.3 is 15.5 Å². The summed E-state index contributed by atoms with van der Waals surface area (Å²) in [5, 5.41) is 10.6. The van der Waals surface area contributed by atoms with Crippen LogP contribution in [0.25, 0.3) is 0 Å². The van der Waals surface area contributed by atoms with E-state index in [4.69, 9.17) is 0 Å². The molecule has 2 saturated heterocycles. The van der Waals surface area contributed by atoms with Gasteiger partial charge in [-0.1, -0.05) is 0 Å². The molecule has 1 amide bonds. The quantitative estimate of drug-likeness (QED) is 0.784. The lowest BCUT2D eigenvalue weighted by atomic mass is 9.98. The SMILES string of the molecule is Cl.Cl.O=C(NCC1CCCN(CCn2cccn2)C1)C1CCCN1. The van der Waals surface area contributed by atoms with E-state index in [1.165, 1.54) is 12.8 Å². The van der Waals surface area contributed by atoms with E-state index in [1.54, 1.807) is 0 Å². The van der Waals surface area contributed by atoms with Gasteiger partial charge in [0.05, 0.1) is 12.6 Å². The number of amides is 1. The fourth-order valence-electron chi connectivity index (χ4n) is 3.47. The molecule has 2 fully saturated rings. The molecule has 2 unspecified atom stereocenters. The molecule has 0 bridgehead atoms. The highest BCUT2D eigenvalue weighted by Gasteiger charge is 2.24. The van der Waals surface area contributed by atoms with Gasteiger partial charge in [-0.15, -0.1) is 24.8 Å². The summed E-state index contributed by atoms with van der Waals surface area (Å²) < 4.78 is 1.98. The zero-order valence-electron chi connectivity index (χ0n) is 14.0. The molecule has 138 valence electrons. The third kappa shape index (κ3) is 6.24. The summed E-state index contributed by atoms with van der Waals surface area (Å²) in [7, 11) is 0. The Morgan fingerprint density at radius 1 is 1.25 bits per heavy atom. The average Bonchev–Trinajstić information content (AvgIpc) is 3.24. The van der Waals surface area contributed by atoms with Crippen molar-refractivity contribution in [3.63, 3.8) is 0 Å². The molecule has 8 heteroatoms. The Labute approximate surface area is 156 Å². The van der Waals surface area contributed by atoms with E-state index in [0.29, 0.717) is 5.92 Å². The minimum Gasteiger partial charge on any atom is -0.354 e. The lowest BCUT2D eigenvalue weighted by Gasteiger charge is -2.33. The van der Waals surface area contributed by atoms with Gasteiger partial charge in [0, 0.05) is 32.0 Å². The number of nitrogens with one attached hydrogen (secondary N) is 2. The fourth-order valence-corrected chi connectivity index (χ4v) is 3.47. The Morgan fingerprint density at radius 3 is 2.83 bits per heavy atom. The van der Waals surface area contributed by atoms with Crippen LogP contribution in [0.5, 0.6) is 0 Å². The zero-order chi connectivity index (χ0) is 15.2. The Kier molecular flexibility index (Phi) is 9.66. The number of carbonyl (C=O) groups is 1. The molecular weight excluding hydrogens is 349 g/mol. The molecule has 3 heterocycles. The summed E-state index contributed by atoms with van der Waals surface area (Å²) in [6.45, 7) is 6.02. The Morgan fingerprint density at radius 2 is 2.12 bits per heavy atom. The number of halogens is 2. The molecule has 0 aromatic carbocycles. The Balaban J connectivity index is 0.00000144. The van der Waals surface area contributed by atoms with E-state index < -0.39 is 0 Å². The molecule has 2 atom stereocenters. The van der Waals surface area contributed by atoms with E-state index >= 15 is 0 Å². The largest absolute Gasteiger partial charge is 0.354 e. The Hall–Kier alpha value is -0.820. The third-order valence-electron chi connectivity index (χ3n) is 4.75. The van der Waals surface area contributed by atoms with Gasteiger partial charge in [-0.3, -0.25) is 9.48 Å². The highest BCUT2D eigenvalue weighted by molar-refractivity contribution is 5.85. The summed E-state index contributed by atoms with van der Waals surface area (Å²) in [5.74, 6) is 0.767. The van der Waals surface area contributed by atoms with Gasteiger partial charge in [-0.25, -0.2) is 0 Å². The lowest BCUT2D eigenvalue weighted by Crippen LogP contribution is -2.46. The monoisotopic (exact) mass is 377 g/mol. The van der Waals surface area contributed by atoms with Crippen LogP contribution in [0.2, 0.25) is 0 Å². The first-order valence-electron chi connectivity index (χ1n) is 8.52. The molecule has 0 radical (unpaired) electrons. The van der Waals surface area contributed by atoms with Crippen molar-refractivity contribution in [1.82, 2.24) is 25.3 Å². The first-order chi connectivity index (χ1) is 10.8. The van der Waals surface area contributed by atoms with Crippen molar-refractivity contribution in [3.8, 4) is 0 Å². The molecule has 1 aromatic rings. The van der Waals surface area contributed by atoms with Crippen LogP contribution in [0, 0.1) is 5.92 Å². The smallest absolute Gasteiger partial charge is 0.237 e. The van der Waals surface area contributed by atoms with Crippen LogP contribution in [0.1, 0.15) is 25.7 Å². The molecule has 0 aliphatic carbocycles. The molecule has 3 rings (SSSR count). The van der Waals surface area contributed by atoms with Crippen LogP contribution >= 0.6 is 24.8 Å². The number of hydrogen-bond acceptors (Lipinski definition) is 4. The van der Waals surface area contributed by atoms with Crippen molar-refractivity contribution in [2.45, 2.75) is 38.3 Å². The first-order valence-corrected chi connectivity index (χ1v) is 8.52. The van der Waals surface area contributed by atoms with Gasteiger partial charge in [0.1, 0.15) is 0 Å². The summed E-state index contributed by atoms with van der Waals surface area (Å²) in [4.78, 5) is 14.5. The van der Waals surface area contributed by atoms with E-state index in [2.05, 4.69) is 20.6 Å². The van der Waals surface area contributed by atoms with Crippen molar-refractivity contribution in [2.24, 2.45) is 5.92 Å². The maximum Gasteiger partial charge on any atom is 0.237 e. The normalized spacial score (nSPS) is 24.0. The second-order valence-electron chi connectivity index (χ2n) is 6.47. The van der Waals surface area contributed by atoms with Gasteiger partial charge in [0.15, 0.2) is 0 Å². The molecule has 1 aromatic heterocycles. The topological polar surface area (TPSA) is 62.2 Å². The number of carbonyl (C=O) groups excluding carboxylic acids is 1. The maximum absolute atomic E-state index is 12.1. The lowest BCUT2D eigenvalue weighted by molar-refractivity contribution is -0.123. The molecule has 2 aliphatic heterocycles. The van der Waals surface area contributed by atoms with E-state index in [9.17, 15) is 4.79 Å². The second kappa shape index (κ2) is 10.9. The number of likely N-dealkylation sites (tertiary alicyclic amines) is 1. The van der Waals surface area contributed by atoms with Crippen LogP contribution in [-0.4, -0.2) is 59.4 Å². The van der Waals surface area contributed by atoms with Crippen molar-refractivity contribution in [1.29, 1.82) is 0 Å². The molecule has 6 nitrogen and oxygen atoms in total. The predicted molar refractivity (Wildman–Crippen MR) is 99.9 cm³/mol. The second-order valence-corrected chi connectivity index (χ2v) is 6.47. The van der Waals surface area contributed by atoms with Crippen molar-refractivity contribution in [3.05, 3.63) is 18.5 Å². The van der Waals surface area contributed by atoms with Gasteiger partial charge in [0.2, 0.25) is 5.91 Å². The van der Waals surface area contributed by atoms with Crippen LogP contribution in [0.4, 0.5) is 0 Å². The van der Waals surface area contributed by atoms with Gasteiger partial charge >= 0.3 is 0 Å². The van der Waals surface area contributed by atoms with Crippen molar-refractivity contribution in [2.75, 3.05) is 32.7 Å². The number of rotatable bonds is 6. The van der Waals surface area contributed by atoms with Gasteiger partial charge in [-0.2, -0.15) is 5.10 Å². The Bertz CT molecular complexity index is 465. The number of piperidine rings is 1. The highest BCUT2D eigenvalue weighted by atomic mass is 35.5. The molecule has 24 heavy (non-hydrogen) atoms. The van der Waals surface area contributed by atoms with E-state index in [-0.39, 0.29) is 36.8 Å². The van der Waals surface area contributed by atoms with Gasteiger partial charge in [-0.05, 0) is 50.8 Å². The van der Waals surface area contributed by atoms with Crippen molar-refractivity contribution >= 4 is 30.7 Å². The zero-order valence-corrected chi connectivity index (χ0v) is 15.7. The van der Waals surface area contributed by atoms with Gasteiger partial charge in [0.25, 0.3) is 0 Å². The molecule has 2 aliphatic rings. The summed E-state index contributed by atoms with van der Waals surface area (Å²) >= 11 is 0. The average molecular weight is 378 g/mol. The van der Waals surface area contributed by atoms with E-state index in [1.807, 2.05) is 23.1 Å². The number of aromatic nitrogens is 2. The first kappa shape index (κ1) is 21.2. The molecule has 0 spiro atoms. The molecule has 0 saturated carbocycles. The third-order valence-corrected chi connectivity index (χ3v) is 4.75. The van der Waals surface area contributed by atoms with Crippen LogP contribution in [0.15, 0.2) is 18.5 Å². The minimum absolute atomic E-state index is 0.